The lowest BCUT2D eigenvalue weighted by Crippen LogP contribution is -2.43. The van der Waals surface area contributed by atoms with Crippen LogP contribution in [0.25, 0.3) is 11.1 Å². The number of ether oxygens (including phenoxy) is 1. The van der Waals surface area contributed by atoms with Gasteiger partial charge in [-0.2, -0.15) is 0 Å². The summed E-state index contributed by atoms with van der Waals surface area (Å²) in [4.78, 5) is 37.5. The summed E-state index contributed by atoms with van der Waals surface area (Å²) in [6.07, 6.45) is -0.231. The molecule has 8 nitrogen and oxygen atoms in total. The minimum absolute atomic E-state index is 0.00575. The fourth-order valence-corrected chi connectivity index (χ4v) is 4.95. The number of β-amino-alcohol motifs (C(OH)–C–C–N with tert-alkyl or cyclic N) is 1. The van der Waals surface area contributed by atoms with Crippen LogP contribution in [-0.4, -0.2) is 64.9 Å². The molecule has 8 heteroatoms. The highest BCUT2D eigenvalue weighted by atomic mass is 16.5. The molecule has 1 unspecified atom stereocenters. The Bertz CT molecular complexity index is 1030. The maximum atomic E-state index is 12.6. The molecule has 2 aromatic carbocycles. The molecular formula is C26H30N2O6. The topological polar surface area (TPSA) is 116 Å². The molecule has 0 spiro atoms. The summed E-state index contributed by atoms with van der Waals surface area (Å²) in [5.74, 6) is -1.80. The number of alkyl carbamates (subject to hydrolysis) is 1. The molecule has 3 N–H and O–H groups in total. The predicted octanol–water partition coefficient (Wildman–Crippen LogP) is 2.99. The van der Waals surface area contributed by atoms with E-state index in [0.29, 0.717) is 19.4 Å². The number of aliphatic hydroxyl groups excluding tert-OH is 1. The Labute approximate surface area is 198 Å². The zero-order valence-corrected chi connectivity index (χ0v) is 19.1. The van der Waals surface area contributed by atoms with E-state index in [1.54, 1.807) is 6.92 Å². The summed E-state index contributed by atoms with van der Waals surface area (Å²) in [5, 5.41) is 21.8. The van der Waals surface area contributed by atoms with Crippen molar-refractivity contribution in [1.29, 1.82) is 0 Å². The average molecular weight is 467 g/mol. The molecule has 0 saturated carbocycles. The first-order chi connectivity index (χ1) is 16.4. The third-order valence-corrected chi connectivity index (χ3v) is 6.70. The van der Waals surface area contributed by atoms with Gasteiger partial charge in [-0.3, -0.25) is 4.79 Å². The second-order valence-electron chi connectivity index (χ2n) is 9.03. The molecule has 2 aromatic rings. The lowest BCUT2D eigenvalue weighted by molar-refractivity contribution is -0.149. The van der Waals surface area contributed by atoms with Crippen LogP contribution < -0.4 is 5.32 Å². The highest BCUT2D eigenvalue weighted by molar-refractivity contribution is 5.85. The van der Waals surface area contributed by atoms with E-state index in [2.05, 4.69) is 29.6 Å². The van der Waals surface area contributed by atoms with Gasteiger partial charge in [0.2, 0.25) is 5.91 Å². The second-order valence-corrected chi connectivity index (χ2v) is 9.03. The number of hydrogen-bond donors (Lipinski definition) is 3. The number of nitrogens with one attached hydrogen (secondary N) is 1. The van der Waals surface area contributed by atoms with Gasteiger partial charge in [-0.05, 0) is 35.1 Å². The van der Waals surface area contributed by atoms with E-state index in [-0.39, 0.29) is 31.4 Å². The fourth-order valence-electron chi connectivity index (χ4n) is 4.95. The SMILES string of the molecule is CC(CCCNC(=O)OCC1c2ccccc2-c2ccccc21)C(=O)N1C[C@@H](O)C[C@H]1C(=O)O. The molecule has 1 heterocycles. The number of aliphatic hydroxyl groups is 1. The molecule has 4 rings (SSSR count). The normalized spacial score (nSPS) is 19.9. The van der Waals surface area contributed by atoms with E-state index in [9.17, 15) is 24.6 Å². The summed E-state index contributed by atoms with van der Waals surface area (Å²) in [7, 11) is 0. The summed E-state index contributed by atoms with van der Waals surface area (Å²) >= 11 is 0. The van der Waals surface area contributed by atoms with Crippen LogP contribution in [0.2, 0.25) is 0 Å². The van der Waals surface area contributed by atoms with E-state index in [1.807, 2.05) is 24.3 Å². The van der Waals surface area contributed by atoms with Gasteiger partial charge in [0, 0.05) is 31.3 Å². The lowest BCUT2D eigenvalue weighted by atomic mass is 9.98. The molecule has 3 atom stereocenters. The third-order valence-electron chi connectivity index (χ3n) is 6.70. The predicted molar refractivity (Wildman–Crippen MR) is 125 cm³/mol. The summed E-state index contributed by atoms with van der Waals surface area (Å²) in [5.41, 5.74) is 4.63. The quantitative estimate of drug-likeness (QED) is 0.515. The molecule has 34 heavy (non-hydrogen) atoms. The number of fused-ring (bicyclic) bond motifs is 3. The number of hydrogen-bond acceptors (Lipinski definition) is 5. The van der Waals surface area contributed by atoms with Crippen LogP contribution in [0.3, 0.4) is 0 Å². The molecule has 180 valence electrons. The number of carboxylic acid groups (broad SMARTS) is 1. The first-order valence-corrected chi connectivity index (χ1v) is 11.7. The third kappa shape index (κ3) is 4.92. The van der Waals surface area contributed by atoms with Gasteiger partial charge >= 0.3 is 12.1 Å². The van der Waals surface area contributed by atoms with Crippen molar-refractivity contribution >= 4 is 18.0 Å². The highest BCUT2D eigenvalue weighted by Gasteiger charge is 2.40. The minimum atomic E-state index is -1.10. The molecule has 0 aromatic heterocycles. The van der Waals surface area contributed by atoms with Gasteiger partial charge in [0.15, 0.2) is 0 Å². The molecule has 1 aliphatic heterocycles. The van der Waals surface area contributed by atoms with Crippen molar-refractivity contribution in [2.75, 3.05) is 19.7 Å². The molecule has 1 fully saturated rings. The first kappa shape index (κ1) is 23.8. The summed E-state index contributed by atoms with van der Waals surface area (Å²) in [6, 6.07) is 15.3. The molecule has 0 radical (unpaired) electrons. The number of carbonyl (C=O) groups is 3. The van der Waals surface area contributed by atoms with Gasteiger partial charge < -0.3 is 25.2 Å². The number of amides is 2. The van der Waals surface area contributed by atoms with E-state index in [4.69, 9.17) is 4.74 Å². The Morgan fingerprint density at radius 2 is 1.71 bits per heavy atom. The van der Waals surface area contributed by atoms with Crippen LogP contribution in [0.1, 0.15) is 43.2 Å². The average Bonchev–Trinajstić information content (AvgIpc) is 3.38. The zero-order valence-electron chi connectivity index (χ0n) is 19.1. The molecular weight excluding hydrogens is 436 g/mol. The van der Waals surface area contributed by atoms with Crippen LogP contribution in [0.5, 0.6) is 0 Å². The Morgan fingerprint density at radius 3 is 2.32 bits per heavy atom. The number of carboxylic acids is 1. The van der Waals surface area contributed by atoms with E-state index in [1.165, 1.54) is 16.0 Å². The van der Waals surface area contributed by atoms with Gasteiger partial charge in [-0.1, -0.05) is 55.5 Å². The molecule has 2 aliphatic rings. The fraction of sp³-hybridized carbons (Fsp3) is 0.423. The van der Waals surface area contributed by atoms with Crippen molar-refractivity contribution in [3.63, 3.8) is 0 Å². The monoisotopic (exact) mass is 466 g/mol. The van der Waals surface area contributed by atoms with Gasteiger partial charge in [0.25, 0.3) is 0 Å². The van der Waals surface area contributed by atoms with E-state index >= 15 is 0 Å². The lowest BCUT2D eigenvalue weighted by Gasteiger charge is -2.24. The largest absolute Gasteiger partial charge is 0.480 e. The molecule has 1 saturated heterocycles. The number of aliphatic carboxylic acids is 1. The van der Waals surface area contributed by atoms with Crippen molar-refractivity contribution in [3.8, 4) is 11.1 Å². The maximum Gasteiger partial charge on any atom is 0.407 e. The first-order valence-electron chi connectivity index (χ1n) is 11.7. The zero-order chi connectivity index (χ0) is 24.2. The number of nitrogens with zero attached hydrogens (tertiary/aromatic N) is 1. The molecule has 0 bridgehead atoms. The van der Waals surface area contributed by atoms with Crippen molar-refractivity contribution in [3.05, 3.63) is 59.7 Å². The Balaban J connectivity index is 1.22. The van der Waals surface area contributed by atoms with Crippen molar-refractivity contribution in [2.45, 2.75) is 44.2 Å². The van der Waals surface area contributed by atoms with E-state index in [0.717, 1.165) is 11.1 Å². The van der Waals surface area contributed by atoms with Gasteiger partial charge in [-0.15, -0.1) is 0 Å². The maximum absolute atomic E-state index is 12.6. The van der Waals surface area contributed by atoms with E-state index < -0.39 is 30.1 Å². The summed E-state index contributed by atoms with van der Waals surface area (Å²) in [6.45, 7) is 2.36. The van der Waals surface area contributed by atoms with Crippen molar-refractivity contribution in [1.82, 2.24) is 10.2 Å². The van der Waals surface area contributed by atoms with Crippen LogP contribution >= 0.6 is 0 Å². The van der Waals surface area contributed by atoms with Gasteiger partial charge in [-0.25, -0.2) is 9.59 Å². The summed E-state index contributed by atoms with van der Waals surface area (Å²) < 4.78 is 5.51. The number of carbonyl (C=O) groups excluding carboxylic acids is 2. The van der Waals surface area contributed by atoms with Crippen molar-refractivity contribution in [2.24, 2.45) is 5.92 Å². The Hall–Kier alpha value is -3.39. The van der Waals surface area contributed by atoms with Gasteiger partial charge in [0.1, 0.15) is 12.6 Å². The minimum Gasteiger partial charge on any atom is -0.480 e. The number of benzene rings is 2. The van der Waals surface area contributed by atoms with Crippen molar-refractivity contribution < 1.29 is 29.3 Å². The smallest absolute Gasteiger partial charge is 0.407 e. The standard InChI is InChI=1S/C26H30N2O6/c1-16(24(30)28-14-17(29)13-23(28)25(31)32)7-6-12-27-26(33)34-15-22-20-10-4-2-8-18(20)19-9-3-5-11-21(19)22/h2-5,8-11,16-17,22-23,29H,6-7,12-15H2,1H3,(H,27,33)(H,31,32)/t16?,17-,23-/m0/s1. The molecule has 1 aliphatic carbocycles. The number of likely N-dealkylation sites (tertiary alicyclic amines) is 1. The highest BCUT2D eigenvalue weighted by Crippen LogP contribution is 2.44. The van der Waals surface area contributed by atoms with Crippen LogP contribution in [0.4, 0.5) is 4.79 Å². The second kappa shape index (κ2) is 10.3. The van der Waals surface area contributed by atoms with Crippen LogP contribution in [-0.2, 0) is 14.3 Å². The van der Waals surface area contributed by atoms with Crippen LogP contribution in [0, 0.1) is 5.92 Å². The Kier molecular flexibility index (Phi) is 7.17. The molecule has 2 amide bonds. The van der Waals surface area contributed by atoms with Crippen LogP contribution in [0.15, 0.2) is 48.5 Å². The van der Waals surface area contributed by atoms with Gasteiger partial charge in [0.05, 0.1) is 6.10 Å². The Morgan fingerprint density at radius 1 is 1.09 bits per heavy atom. The number of rotatable bonds is 8.